The maximum Gasteiger partial charge on any atom is 0.0631 e. The Morgan fingerprint density at radius 2 is 1.92 bits per heavy atom. The van der Waals surface area contributed by atoms with Gasteiger partial charge in [-0.2, -0.15) is 0 Å². The normalized spacial score (nSPS) is 22.2. The predicted molar refractivity (Wildman–Crippen MR) is 54.7 cm³/mol. The summed E-state index contributed by atoms with van der Waals surface area (Å²) in [6.07, 6.45) is 2.62. The summed E-state index contributed by atoms with van der Waals surface area (Å²) in [7, 11) is 1.71. The lowest BCUT2D eigenvalue weighted by atomic mass is 9.94. The van der Waals surface area contributed by atoms with Crippen LogP contribution in [0.5, 0.6) is 0 Å². The van der Waals surface area contributed by atoms with Gasteiger partial charge in [-0.25, -0.2) is 0 Å². The average molecular weight is 186 g/mol. The largest absolute Gasteiger partial charge is 0.383 e. The fourth-order valence-corrected chi connectivity index (χ4v) is 1.91. The van der Waals surface area contributed by atoms with E-state index >= 15 is 0 Å². The van der Waals surface area contributed by atoms with Crippen molar-refractivity contribution in [3.8, 4) is 0 Å². The monoisotopic (exact) mass is 186 g/mol. The van der Waals surface area contributed by atoms with Crippen LogP contribution in [0.2, 0.25) is 0 Å². The van der Waals surface area contributed by atoms with Gasteiger partial charge in [0.1, 0.15) is 0 Å². The van der Waals surface area contributed by atoms with Crippen LogP contribution < -0.4 is 5.73 Å². The van der Waals surface area contributed by atoms with E-state index in [1.54, 1.807) is 7.11 Å². The van der Waals surface area contributed by atoms with Crippen LogP contribution in [0.1, 0.15) is 26.7 Å². The lowest BCUT2D eigenvalue weighted by Crippen LogP contribution is -2.56. The number of likely N-dealkylation sites (tertiary alicyclic amines) is 1. The highest BCUT2D eigenvalue weighted by atomic mass is 16.5. The highest BCUT2D eigenvalue weighted by Crippen LogP contribution is 2.23. The molecular formula is C10H22N2O. The summed E-state index contributed by atoms with van der Waals surface area (Å²) < 4.78 is 5.10. The second-order valence-corrected chi connectivity index (χ2v) is 4.41. The highest BCUT2D eigenvalue weighted by Gasteiger charge is 2.34. The minimum absolute atomic E-state index is 0.0759. The van der Waals surface area contributed by atoms with E-state index < -0.39 is 0 Å². The molecule has 13 heavy (non-hydrogen) atoms. The van der Waals surface area contributed by atoms with E-state index in [0.717, 1.165) is 0 Å². The number of ether oxygens (including phenoxy) is 1. The van der Waals surface area contributed by atoms with E-state index in [2.05, 4.69) is 18.7 Å². The minimum Gasteiger partial charge on any atom is -0.383 e. The summed E-state index contributed by atoms with van der Waals surface area (Å²) in [5.74, 6) is 0. The summed E-state index contributed by atoms with van der Waals surface area (Å²) in [5, 5.41) is 0. The van der Waals surface area contributed by atoms with Crippen molar-refractivity contribution < 1.29 is 4.74 Å². The van der Waals surface area contributed by atoms with Crippen molar-refractivity contribution >= 4 is 0 Å². The van der Waals surface area contributed by atoms with E-state index in [9.17, 15) is 0 Å². The molecule has 78 valence electrons. The molecule has 0 aliphatic carbocycles. The van der Waals surface area contributed by atoms with Crippen LogP contribution in [0.15, 0.2) is 0 Å². The van der Waals surface area contributed by atoms with Crippen molar-refractivity contribution in [3.05, 3.63) is 0 Å². The molecule has 1 heterocycles. The first kappa shape index (κ1) is 11.0. The van der Waals surface area contributed by atoms with Crippen molar-refractivity contribution in [2.45, 2.75) is 38.3 Å². The van der Waals surface area contributed by atoms with Gasteiger partial charge in [-0.3, -0.25) is 4.90 Å². The fourth-order valence-electron chi connectivity index (χ4n) is 1.91. The SMILES string of the molecule is COCC(N)C(C)(C)N1CCCC1. The van der Waals surface area contributed by atoms with Gasteiger partial charge in [-0.1, -0.05) is 0 Å². The van der Waals surface area contributed by atoms with E-state index in [4.69, 9.17) is 10.5 Å². The number of hydrogen-bond acceptors (Lipinski definition) is 3. The summed E-state index contributed by atoms with van der Waals surface area (Å²) in [5.41, 5.74) is 6.15. The van der Waals surface area contributed by atoms with E-state index in [1.807, 2.05) is 0 Å². The average Bonchev–Trinajstić information content (AvgIpc) is 2.56. The molecule has 0 amide bonds. The minimum atomic E-state index is 0.0759. The second kappa shape index (κ2) is 4.40. The molecule has 2 N–H and O–H groups in total. The molecule has 0 bridgehead atoms. The predicted octanol–water partition coefficient (Wildman–Crippen LogP) is 0.834. The first-order valence-corrected chi connectivity index (χ1v) is 5.08. The standard InChI is InChI=1S/C10H22N2O/c1-10(2,9(11)8-13-3)12-6-4-5-7-12/h9H,4-8,11H2,1-3H3. The second-order valence-electron chi connectivity index (χ2n) is 4.41. The molecule has 0 aromatic rings. The van der Waals surface area contributed by atoms with Gasteiger partial charge in [-0.15, -0.1) is 0 Å². The van der Waals surface area contributed by atoms with Gasteiger partial charge in [0.05, 0.1) is 6.61 Å². The molecule has 1 rings (SSSR count). The van der Waals surface area contributed by atoms with Crippen molar-refractivity contribution in [3.63, 3.8) is 0 Å². The molecular weight excluding hydrogens is 164 g/mol. The Morgan fingerprint density at radius 3 is 2.38 bits per heavy atom. The van der Waals surface area contributed by atoms with Crippen LogP contribution >= 0.6 is 0 Å². The molecule has 1 fully saturated rings. The molecule has 1 aliphatic heterocycles. The molecule has 0 spiro atoms. The molecule has 0 radical (unpaired) electrons. The van der Waals surface area contributed by atoms with Crippen LogP contribution in [-0.2, 0) is 4.74 Å². The Bertz CT molecular complexity index is 153. The van der Waals surface area contributed by atoms with Gasteiger partial charge in [0.15, 0.2) is 0 Å². The molecule has 0 aromatic carbocycles. The smallest absolute Gasteiger partial charge is 0.0631 e. The van der Waals surface area contributed by atoms with Crippen molar-refractivity contribution in [1.82, 2.24) is 4.90 Å². The molecule has 0 aromatic heterocycles. The summed E-state index contributed by atoms with van der Waals surface area (Å²) >= 11 is 0. The van der Waals surface area contributed by atoms with Gasteiger partial charge in [0.2, 0.25) is 0 Å². The molecule has 3 nitrogen and oxygen atoms in total. The number of rotatable bonds is 4. The van der Waals surface area contributed by atoms with Gasteiger partial charge in [-0.05, 0) is 39.8 Å². The maximum atomic E-state index is 6.08. The zero-order valence-corrected chi connectivity index (χ0v) is 9.05. The Hall–Kier alpha value is -0.120. The zero-order chi connectivity index (χ0) is 9.90. The zero-order valence-electron chi connectivity index (χ0n) is 9.05. The first-order chi connectivity index (χ1) is 6.09. The Kier molecular flexibility index (Phi) is 3.71. The van der Waals surface area contributed by atoms with E-state index in [1.165, 1.54) is 25.9 Å². The third-order valence-corrected chi connectivity index (χ3v) is 3.17. The van der Waals surface area contributed by atoms with Crippen molar-refractivity contribution in [2.24, 2.45) is 5.73 Å². The third-order valence-electron chi connectivity index (χ3n) is 3.17. The lowest BCUT2D eigenvalue weighted by molar-refractivity contribution is 0.0726. The number of hydrogen-bond donors (Lipinski definition) is 1. The Labute approximate surface area is 81.2 Å². The maximum absolute atomic E-state index is 6.08. The lowest BCUT2D eigenvalue weighted by Gasteiger charge is -2.40. The number of nitrogens with two attached hydrogens (primary N) is 1. The number of nitrogens with zero attached hydrogens (tertiary/aromatic N) is 1. The third kappa shape index (κ3) is 2.42. The molecule has 3 heteroatoms. The van der Waals surface area contributed by atoms with E-state index in [0.29, 0.717) is 6.61 Å². The summed E-state index contributed by atoms with van der Waals surface area (Å²) in [6, 6.07) is 0.107. The number of methoxy groups -OCH3 is 1. The first-order valence-electron chi connectivity index (χ1n) is 5.08. The van der Waals surface area contributed by atoms with Crippen LogP contribution in [0.25, 0.3) is 0 Å². The van der Waals surface area contributed by atoms with Crippen LogP contribution in [-0.4, -0.2) is 43.3 Å². The quantitative estimate of drug-likeness (QED) is 0.707. The Balaban J connectivity index is 2.51. The molecule has 1 aliphatic rings. The molecule has 1 unspecified atom stereocenters. The molecule has 0 saturated carbocycles. The van der Waals surface area contributed by atoms with Crippen molar-refractivity contribution in [1.29, 1.82) is 0 Å². The van der Waals surface area contributed by atoms with Gasteiger partial charge >= 0.3 is 0 Å². The van der Waals surface area contributed by atoms with Gasteiger partial charge < -0.3 is 10.5 Å². The summed E-state index contributed by atoms with van der Waals surface area (Å²) in [4.78, 5) is 2.47. The van der Waals surface area contributed by atoms with E-state index in [-0.39, 0.29) is 11.6 Å². The molecule has 1 saturated heterocycles. The van der Waals surface area contributed by atoms with Crippen LogP contribution in [0.4, 0.5) is 0 Å². The van der Waals surface area contributed by atoms with Crippen LogP contribution in [0.3, 0.4) is 0 Å². The van der Waals surface area contributed by atoms with Crippen molar-refractivity contribution in [2.75, 3.05) is 26.8 Å². The Morgan fingerprint density at radius 1 is 1.38 bits per heavy atom. The highest BCUT2D eigenvalue weighted by molar-refractivity contribution is 4.93. The molecule has 1 atom stereocenters. The topological polar surface area (TPSA) is 38.5 Å². The van der Waals surface area contributed by atoms with Crippen LogP contribution in [0, 0.1) is 0 Å². The summed E-state index contributed by atoms with van der Waals surface area (Å²) in [6.45, 7) is 7.43. The van der Waals surface area contributed by atoms with Gasteiger partial charge in [0.25, 0.3) is 0 Å². The fraction of sp³-hybridized carbons (Fsp3) is 1.00. The van der Waals surface area contributed by atoms with Gasteiger partial charge in [0, 0.05) is 18.7 Å².